The van der Waals surface area contributed by atoms with E-state index in [2.05, 4.69) is 16.0 Å². The maximum atomic E-state index is 12.6. The first kappa shape index (κ1) is 26.8. The van der Waals surface area contributed by atoms with Crippen LogP contribution in [0, 0.1) is 5.92 Å². The van der Waals surface area contributed by atoms with Crippen molar-refractivity contribution in [1.82, 2.24) is 16.0 Å². The molecule has 1 aromatic rings. The van der Waals surface area contributed by atoms with E-state index in [-0.39, 0.29) is 37.8 Å². The summed E-state index contributed by atoms with van der Waals surface area (Å²) in [5, 5.41) is 17.3. The number of rotatable bonds is 14. The molecule has 0 radical (unpaired) electrons. The van der Waals surface area contributed by atoms with E-state index < -0.39 is 29.9 Å². The van der Waals surface area contributed by atoms with Gasteiger partial charge in [0, 0.05) is 13.0 Å². The molecule has 0 aromatic heterocycles. The molecule has 0 aliphatic carbocycles. The Balaban J connectivity index is 2.52. The maximum absolute atomic E-state index is 12.6. The van der Waals surface area contributed by atoms with Crippen LogP contribution in [0.25, 0.3) is 6.08 Å². The van der Waals surface area contributed by atoms with Crippen molar-refractivity contribution < 1.29 is 29.0 Å². The molecule has 0 aliphatic rings. The van der Waals surface area contributed by atoms with E-state index in [1.54, 1.807) is 20.8 Å². The Labute approximate surface area is 188 Å². The molecule has 0 fully saturated rings. The van der Waals surface area contributed by atoms with Crippen molar-refractivity contribution in [2.45, 2.75) is 45.7 Å². The van der Waals surface area contributed by atoms with Crippen molar-refractivity contribution in [3.8, 4) is 0 Å². The number of carbonyl (C=O) groups excluding carboxylic acids is 3. The average Bonchev–Trinajstić information content (AvgIpc) is 2.75. The molecule has 32 heavy (non-hydrogen) atoms. The summed E-state index contributed by atoms with van der Waals surface area (Å²) in [4.78, 5) is 47.8. The molecule has 1 aromatic carbocycles. The molecular weight excluding hydrogens is 414 g/mol. The lowest BCUT2D eigenvalue weighted by Gasteiger charge is -2.24. The third-order valence-corrected chi connectivity index (χ3v) is 4.48. The predicted molar refractivity (Wildman–Crippen MR) is 121 cm³/mol. The second kappa shape index (κ2) is 14.7. The molecular formula is C23H33N3O6. The van der Waals surface area contributed by atoms with Gasteiger partial charge in [0.25, 0.3) is 0 Å². The minimum Gasteiger partial charge on any atom is -0.480 e. The van der Waals surface area contributed by atoms with Gasteiger partial charge in [-0.1, -0.05) is 56.3 Å². The van der Waals surface area contributed by atoms with E-state index in [0.717, 1.165) is 5.56 Å². The zero-order chi connectivity index (χ0) is 23.9. The number of hydrogen-bond donors (Lipinski definition) is 4. The highest BCUT2D eigenvalue weighted by molar-refractivity contribution is 5.91. The van der Waals surface area contributed by atoms with Crippen LogP contribution < -0.4 is 16.0 Å². The van der Waals surface area contributed by atoms with Gasteiger partial charge >= 0.3 is 11.9 Å². The van der Waals surface area contributed by atoms with Crippen molar-refractivity contribution >= 4 is 29.8 Å². The SMILES string of the molecule is CCOC(=O)CC[C@@H](NC(=O)[C@@H](NC(=O)CNC/C=C/c1ccccc1)C(C)C)C(=O)O. The summed E-state index contributed by atoms with van der Waals surface area (Å²) in [6.45, 7) is 5.81. The van der Waals surface area contributed by atoms with Crippen LogP contribution in [0.4, 0.5) is 0 Å². The Bertz CT molecular complexity index is 779. The summed E-state index contributed by atoms with van der Waals surface area (Å²) < 4.78 is 4.78. The molecule has 0 saturated carbocycles. The second-order valence-electron chi connectivity index (χ2n) is 7.48. The molecule has 0 bridgehead atoms. The number of carboxylic acids is 1. The quantitative estimate of drug-likeness (QED) is 0.250. The topological polar surface area (TPSA) is 134 Å². The first-order valence-corrected chi connectivity index (χ1v) is 10.6. The number of hydrogen-bond acceptors (Lipinski definition) is 6. The second-order valence-corrected chi connectivity index (χ2v) is 7.48. The molecule has 9 nitrogen and oxygen atoms in total. The first-order valence-electron chi connectivity index (χ1n) is 10.6. The van der Waals surface area contributed by atoms with Gasteiger partial charge in [-0.25, -0.2) is 4.79 Å². The van der Waals surface area contributed by atoms with Crippen molar-refractivity contribution in [3.05, 3.63) is 42.0 Å². The van der Waals surface area contributed by atoms with Crippen LogP contribution in [0.5, 0.6) is 0 Å². The summed E-state index contributed by atoms with van der Waals surface area (Å²) in [5.41, 5.74) is 1.05. The van der Waals surface area contributed by atoms with Gasteiger partial charge in [0.05, 0.1) is 13.2 Å². The molecule has 176 valence electrons. The van der Waals surface area contributed by atoms with Gasteiger partial charge in [0.15, 0.2) is 0 Å². The molecule has 0 unspecified atom stereocenters. The minimum absolute atomic E-state index is 0.000840. The number of esters is 1. The fourth-order valence-electron chi connectivity index (χ4n) is 2.80. The summed E-state index contributed by atoms with van der Waals surface area (Å²) in [6, 6.07) is 7.56. The fourth-order valence-corrected chi connectivity index (χ4v) is 2.80. The van der Waals surface area contributed by atoms with Crippen LogP contribution in [0.1, 0.15) is 39.2 Å². The van der Waals surface area contributed by atoms with Gasteiger partial charge in [0.1, 0.15) is 12.1 Å². The van der Waals surface area contributed by atoms with Crippen molar-refractivity contribution in [1.29, 1.82) is 0 Å². The predicted octanol–water partition coefficient (Wildman–Crippen LogP) is 1.34. The van der Waals surface area contributed by atoms with Gasteiger partial charge in [0.2, 0.25) is 11.8 Å². The minimum atomic E-state index is -1.26. The Morgan fingerprint density at radius 3 is 2.38 bits per heavy atom. The molecule has 4 N–H and O–H groups in total. The number of carboxylic acid groups (broad SMARTS) is 1. The van der Waals surface area contributed by atoms with E-state index >= 15 is 0 Å². The smallest absolute Gasteiger partial charge is 0.326 e. The monoisotopic (exact) mass is 447 g/mol. The van der Waals surface area contributed by atoms with Crippen molar-refractivity contribution in [3.63, 3.8) is 0 Å². The molecule has 0 aliphatic heterocycles. The van der Waals surface area contributed by atoms with Gasteiger partial charge in [-0.2, -0.15) is 0 Å². The molecule has 2 atom stereocenters. The van der Waals surface area contributed by atoms with E-state index in [0.29, 0.717) is 6.54 Å². The Hall–Kier alpha value is -3.20. The van der Waals surface area contributed by atoms with E-state index in [9.17, 15) is 24.3 Å². The summed E-state index contributed by atoms with van der Waals surface area (Å²) in [7, 11) is 0. The first-order chi connectivity index (χ1) is 15.2. The van der Waals surface area contributed by atoms with Crippen LogP contribution in [-0.4, -0.2) is 60.6 Å². The molecule has 9 heteroatoms. The summed E-state index contributed by atoms with van der Waals surface area (Å²) in [5.74, 6) is -3.06. The fraction of sp³-hybridized carbons (Fsp3) is 0.478. The number of carbonyl (C=O) groups is 4. The highest BCUT2D eigenvalue weighted by Crippen LogP contribution is 2.06. The number of aliphatic carboxylic acids is 1. The van der Waals surface area contributed by atoms with E-state index in [1.165, 1.54) is 0 Å². The van der Waals surface area contributed by atoms with Gasteiger partial charge in [-0.3, -0.25) is 14.4 Å². The zero-order valence-corrected chi connectivity index (χ0v) is 18.8. The zero-order valence-electron chi connectivity index (χ0n) is 18.8. The van der Waals surface area contributed by atoms with Crippen LogP contribution in [-0.2, 0) is 23.9 Å². The van der Waals surface area contributed by atoms with Crippen LogP contribution in [0.3, 0.4) is 0 Å². The van der Waals surface area contributed by atoms with E-state index in [4.69, 9.17) is 4.74 Å². The number of benzene rings is 1. The molecule has 0 heterocycles. The average molecular weight is 448 g/mol. The van der Waals surface area contributed by atoms with Crippen molar-refractivity contribution in [2.75, 3.05) is 19.7 Å². The van der Waals surface area contributed by atoms with Crippen LogP contribution in [0.15, 0.2) is 36.4 Å². The Kier molecular flexibility index (Phi) is 12.4. The van der Waals surface area contributed by atoms with Gasteiger partial charge < -0.3 is 25.8 Å². The van der Waals surface area contributed by atoms with Gasteiger partial charge in [-0.05, 0) is 24.8 Å². The third kappa shape index (κ3) is 10.7. The number of ether oxygens (including phenoxy) is 1. The molecule has 0 spiro atoms. The Morgan fingerprint density at radius 1 is 1.09 bits per heavy atom. The van der Waals surface area contributed by atoms with E-state index in [1.807, 2.05) is 42.5 Å². The Morgan fingerprint density at radius 2 is 1.78 bits per heavy atom. The normalized spacial score (nSPS) is 12.9. The third-order valence-electron chi connectivity index (χ3n) is 4.48. The van der Waals surface area contributed by atoms with Crippen LogP contribution in [0.2, 0.25) is 0 Å². The maximum Gasteiger partial charge on any atom is 0.326 e. The highest BCUT2D eigenvalue weighted by Gasteiger charge is 2.28. The van der Waals surface area contributed by atoms with Crippen molar-refractivity contribution in [2.24, 2.45) is 5.92 Å². The number of nitrogens with one attached hydrogen (secondary N) is 3. The molecule has 0 saturated heterocycles. The summed E-state index contributed by atoms with van der Waals surface area (Å²) >= 11 is 0. The lowest BCUT2D eigenvalue weighted by Crippen LogP contribution is -2.54. The standard InChI is InChI=1S/C23H33N3O6/c1-4-32-20(28)13-12-18(23(30)31)25-22(29)21(16(2)3)26-19(27)15-24-14-8-11-17-9-6-5-7-10-17/h5-11,16,18,21,24H,4,12-15H2,1-3H3,(H,25,29)(H,26,27)(H,30,31)/b11-8+/t18-,21+/m1/s1. The lowest BCUT2D eigenvalue weighted by atomic mass is 10.0. The molecule has 1 rings (SSSR count). The lowest BCUT2D eigenvalue weighted by molar-refractivity contribution is -0.145. The molecule has 2 amide bonds. The largest absolute Gasteiger partial charge is 0.480 e. The highest BCUT2D eigenvalue weighted by atomic mass is 16.5. The number of amides is 2. The van der Waals surface area contributed by atoms with Crippen LogP contribution >= 0.6 is 0 Å². The van der Waals surface area contributed by atoms with Gasteiger partial charge in [-0.15, -0.1) is 0 Å². The summed E-state index contributed by atoms with van der Waals surface area (Å²) in [6.07, 6.45) is 3.58.